The molecule has 0 saturated carbocycles. The van der Waals surface area contributed by atoms with Gasteiger partial charge in [-0.05, 0) is 12.1 Å². The van der Waals surface area contributed by atoms with Gasteiger partial charge in [0.15, 0.2) is 5.16 Å². The van der Waals surface area contributed by atoms with Crippen molar-refractivity contribution in [2.24, 2.45) is 0 Å². The van der Waals surface area contributed by atoms with E-state index in [0.29, 0.717) is 6.61 Å². The number of benzene rings is 2. The molecule has 7 heteroatoms. The average Bonchev–Trinajstić information content (AvgIpc) is 3.39. The fraction of sp³-hybridized carbons (Fsp3) is 0.190. The zero-order valence-electron chi connectivity index (χ0n) is 15.6. The van der Waals surface area contributed by atoms with Crippen LogP contribution in [0, 0.1) is 0 Å². The lowest BCUT2D eigenvalue weighted by molar-refractivity contribution is 0.184. The van der Waals surface area contributed by atoms with E-state index in [2.05, 4.69) is 40.7 Å². The van der Waals surface area contributed by atoms with E-state index in [-0.39, 0.29) is 0 Å². The summed E-state index contributed by atoms with van der Waals surface area (Å²) in [5.74, 6) is 0.753. The Morgan fingerprint density at radius 3 is 2.50 bits per heavy atom. The van der Waals surface area contributed by atoms with Gasteiger partial charge in [0, 0.05) is 36.7 Å². The van der Waals surface area contributed by atoms with Crippen LogP contribution in [0.4, 0.5) is 0 Å². The maximum atomic E-state index is 5.16. The number of aromatic nitrogens is 5. The third-order valence-corrected chi connectivity index (χ3v) is 5.36. The van der Waals surface area contributed by atoms with Crippen molar-refractivity contribution in [1.29, 1.82) is 0 Å². The molecule has 0 bridgehead atoms. The first-order valence-electron chi connectivity index (χ1n) is 9.04. The number of methoxy groups -OCH3 is 1. The van der Waals surface area contributed by atoms with E-state index in [1.165, 1.54) is 0 Å². The third-order valence-electron chi connectivity index (χ3n) is 4.33. The fourth-order valence-electron chi connectivity index (χ4n) is 2.91. The predicted molar refractivity (Wildman–Crippen MR) is 110 cm³/mol. The van der Waals surface area contributed by atoms with Crippen molar-refractivity contribution < 1.29 is 4.74 Å². The van der Waals surface area contributed by atoms with Gasteiger partial charge >= 0.3 is 0 Å². The number of para-hydroxylation sites is 1. The number of thioether (sulfide) groups is 1. The lowest BCUT2D eigenvalue weighted by Gasteiger charge is -2.05. The second-order valence-corrected chi connectivity index (χ2v) is 7.18. The van der Waals surface area contributed by atoms with Crippen LogP contribution in [0.15, 0.2) is 78.3 Å². The highest BCUT2D eigenvalue weighted by Crippen LogP contribution is 2.29. The van der Waals surface area contributed by atoms with Gasteiger partial charge in [0.25, 0.3) is 0 Å². The molecular formula is C21H21N5OS. The number of nitrogens with zero attached hydrogens (tertiary/aromatic N) is 5. The Labute approximate surface area is 168 Å². The van der Waals surface area contributed by atoms with Crippen molar-refractivity contribution in [2.75, 3.05) is 13.7 Å². The van der Waals surface area contributed by atoms with Crippen molar-refractivity contribution in [1.82, 2.24) is 24.5 Å². The topological polar surface area (TPSA) is 57.8 Å². The van der Waals surface area contributed by atoms with Gasteiger partial charge in [0.2, 0.25) is 0 Å². The summed E-state index contributed by atoms with van der Waals surface area (Å²) in [6.07, 6.45) is 3.84. The molecule has 0 N–H and O–H groups in total. The van der Waals surface area contributed by atoms with Crippen LogP contribution in [0.3, 0.4) is 0 Å². The van der Waals surface area contributed by atoms with Crippen molar-refractivity contribution in [2.45, 2.75) is 17.5 Å². The predicted octanol–water partition coefficient (Wildman–Crippen LogP) is 4.07. The molecular weight excluding hydrogens is 370 g/mol. The summed E-state index contributed by atoms with van der Waals surface area (Å²) in [5, 5.41) is 14.0. The summed E-state index contributed by atoms with van der Waals surface area (Å²) in [5.41, 5.74) is 4.29. The lowest BCUT2D eigenvalue weighted by Crippen LogP contribution is -2.04. The highest BCUT2D eigenvalue weighted by atomic mass is 32.2. The van der Waals surface area contributed by atoms with Crippen molar-refractivity contribution >= 4 is 11.8 Å². The van der Waals surface area contributed by atoms with Crippen molar-refractivity contribution in [3.63, 3.8) is 0 Å². The Bertz CT molecular complexity index is 1010. The molecule has 0 saturated heterocycles. The summed E-state index contributed by atoms with van der Waals surface area (Å²) >= 11 is 1.66. The Morgan fingerprint density at radius 1 is 1.00 bits per heavy atom. The minimum absolute atomic E-state index is 0.632. The smallest absolute Gasteiger partial charge is 0.191 e. The zero-order chi connectivity index (χ0) is 19.2. The Hall–Kier alpha value is -2.90. The first kappa shape index (κ1) is 18.5. The molecule has 2 aromatic heterocycles. The van der Waals surface area contributed by atoms with Gasteiger partial charge in [-0.15, -0.1) is 10.2 Å². The van der Waals surface area contributed by atoms with Crippen LogP contribution in [0.25, 0.3) is 16.9 Å². The molecule has 142 valence electrons. The summed E-state index contributed by atoms with van der Waals surface area (Å²) < 4.78 is 9.11. The molecule has 2 aromatic carbocycles. The number of ether oxygens (including phenoxy) is 1. The average molecular weight is 392 g/mol. The molecule has 4 rings (SSSR count). The quantitative estimate of drug-likeness (QED) is 0.424. The molecule has 0 atom stereocenters. The first-order valence-corrected chi connectivity index (χ1v) is 10.0. The van der Waals surface area contributed by atoms with Gasteiger partial charge in [-0.3, -0.25) is 0 Å². The maximum absolute atomic E-state index is 5.16. The van der Waals surface area contributed by atoms with E-state index in [9.17, 15) is 0 Å². The van der Waals surface area contributed by atoms with E-state index >= 15 is 0 Å². The van der Waals surface area contributed by atoms with E-state index in [1.54, 1.807) is 25.2 Å². The van der Waals surface area contributed by atoms with Crippen molar-refractivity contribution in [3.05, 3.63) is 78.8 Å². The van der Waals surface area contributed by atoms with E-state index < -0.39 is 0 Å². The van der Waals surface area contributed by atoms with Crippen molar-refractivity contribution in [3.8, 4) is 16.9 Å². The van der Waals surface area contributed by atoms with E-state index in [0.717, 1.165) is 40.0 Å². The standard InChI is InChI=1S/C21H21N5OS/c1-27-13-12-25-16-22-23-21(25)28-15-18-14-26(19-10-6-3-7-11-19)24-20(18)17-8-4-2-5-9-17/h2-11,14,16H,12-13,15H2,1H3. The summed E-state index contributed by atoms with van der Waals surface area (Å²) in [7, 11) is 1.70. The van der Waals surface area contributed by atoms with E-state index in [4.69, 9.17) is 9.84 Å². The van der Waals surface area contributed by atoms with Gasteiger partial charge in [-0.2, -0.15) is 5.10 Å². The SMILES string of the molecule is COCCn1cnnc1SCc1cn(-c2ccccc2)nc1-c1ccccc1. The number of hydrogen-bond acceptors (Lipinski definition) is 5. The molecule has 28 heavy (non-hydrogen) atoms. The fourth-order valence-corrected chi connectivity index (χ4v) is 3.81. The molecule has 2 heterocycles. The Balaban J connectivity index is 1.62. The molecule has 0 aliphatic rings. The molecule has 0 aliphatic carbocycles. The molecule has 0 aliphatic heterocycles. The summed E-state index contributed by atoms with van der Waals surface area (Å²) in [6.45, 7) is 1.37. The highest BCUT2D eigenvalue weighted by molar-refractivity contribution is 7.98. The van der Waals surface area contributed by atoms with Crippen LogP contribution in [0.2, 0.25) is 0 Å². The first-order chi connectivity index (χ1) is 13.8. The van der Waals surface area contributed by atoms with Crippen LogP contribution in [-0.2, 0) is 17.0 Å². The second kappa shape index (κ2) is 8.86. The second-order valence-electron chi connectivity index (χ2n) is 6.24. The van der Waals surface area contributed by atoms with Gasteiger partial charge in [0.05, 0.1) is 18.0 Å². The number of hydrogen-bond donors (Lipinski definition) is 0. The molecule has 0 unspecified atom stereocenters. The number of rotatable bonds is 8. The normalized spacial score (nSPS) is 11.0. The van der Waals surface area contributed by atoms with Crippen LogP contribution in [-0.4, -0.2) is 38.3 Å². The lowest BCUT2D eigenvalue weighted by atomic mass is 10.1. The van der Waals surface area contributed by atoms with Gasteiger partial charge in [-0.25, -0.2) is 4.68 Å². The maximum Gasteiger partial charge on any atom is 0.191 e. The largest absolute Gasteiger partial charge is 0.383 e. The molecule has 0 radical (unpaired) electrons. The van der Waals surface area contributed by atoms with Crippen LogP contribution >= 0.6 is 11.8 Å². The minimum Gasteiger partial charge on any atom is -0.383 e. The summed E-state index contributed by atoms with van der Waals surface area (Å²) in [6, 6.07) is 20.4. The van der Waals surface area contributed by atoms with Crippen LogP contribution < -0.4 is 0 Å². The van der Waals surface area contributed by atoms with Gasteiger partial charge in [-0.1, -0.05) is 60.3 Å². The Morgan fingerprint density at radius 2 is 1.75 bits per heavy atom. The third kappa shape index (κ3) is 4.16. The van der Waals surface area contributed by atoms with Crippen LogP contribution in [0.1, 0.15) is 5.56 Å². The molecule has 0 spiro atoms. The van der Waals surface area contributed by atoms with E-state index in [1.807, 2.05) is 45.6 Å². The van der Waals surface area contributed by atoms with Gasteiger partial charge < -0.3 is 9.30 Å². The Kier molecular flexibility index (Phi) is 5.84. The molecule has 4 aromatic rings. The summed E-state index contributed by atoms with van der Waals surface area (Å²) in [4.78, 5) is 0. The molecule has 6 nitrogen and oxygen atoms in total. The minimum atomic E-state index is 0.632. The molecule has 0 fully saturated rings. The highest BCUT2D eigenvalue weighted by Gasteiger charge is 2.14. The monoisotopic (exact) mass is 391 g/mol. The molecule has 0 amide bonds. The van der Waals surface area contributed by atoms with Gasteiger partial charge in [0.1, 0.15) is 6.33 Å². The van der Waals surface area contributed by atoms with Crippen LogP contribution in [0.5, 0.6) is 0 Å². The zero-order valence-corrected chi connectivity index (χ0v) is 16.4.